The lowest BCUT2D eigenvalue weighted by Gasteiger charge is -2.34. The van der Waals surface area contributed by atoms with Crippen LogP contribution in [0.15, 0.2) is 30.3 Å². The van der Waals surface area contributed by atoms with Crippen LogP contribution in [-0.4, -0.2) is 50.0 Å². The lowest BCUT2D eigenvalue weighted by Crippen LogP contribution is -2.39. The Labute approximate surface area is 138 Å². The van der Waals surface area contributed by atoms with E-state index in [1.54, 1.807) is 12.1 Å². The molecular weight excluding hydrogens is 293 g/mol. The minimum Gasteiger partial charge on any atom is -0.381 e. The van der Waals surface area contributed by atoms with E-state index in [4.69, 9.17) is 9.47 Å². The number of piperidine rings is 1. The Morgan fingerprint density at radius 2 is 1.70 bits per heavy atom. The summed E-state index contributed by atoms with van der Waals surface area (Å²) in [7, 11) is 0. The maximum absolute atomic E-state index is 12.9. The largest absolute Gasteiger partial charge is 0.381 e. The molecule has 2 heterocycles. The minimum absolute atomic E-state index is 0.186. The maximum Gasteiger partial charge on any atom is 0.123 e. The van der Waals surface area contributed by atoms with Crippen LogP contribution in [0.4, 0.5) is 4.39 Å². The molecule has 0 bridgehead atoms. The highest BCUT2D eigenvalue weighted by molar-refractivity contribution is 5.48. The van der Waals surface area contributed by atoms with Crippen molar-refractivity contribution in [2.24, 2.45) is 0 Å². The molecule has 4 heteroatoms. The van der Waals surface area contributed by atoms with Gasteiger partial charge < -0.3 is 9.47 Å². The number of nitrogens with zero attached hydrogens (tertiary/aromatic N) is 1. The van der Waals surface area contributed by atoms with Crippen LogP contribution in [0.5, 0.6) is 0 Å². The second-order valence-corrected chi connectivity index (χ2v) is 6.40. The van der Waals surface area contributed by atoms with Gasteiger partial charge in [-0.15, -0.1) is 0 Å². The number of benzene rings is 1. The fraction of sp³-hybridized carbons (Fsp3) is 0.579. The molecule has 2 aliphatic heterocycles. The molecule has 126 valence electrons. The van der Waals surface area contributed by atoms with Crippen LogP contribution in [0, 0.1) is 5.82 Å². The number of hydrogen-bond donors (Lipinski definition) is 0. The second kappa shape index (κ2) is 8.57. The van der Waals surface area contributed by atoms with Gasteiger partial charge in [-0.25, -0.2) is 4.39 Å². The molecule has 0 aliphatic carbocycles. The van der Waals surface area contributed by atoms with Crippen molar-refractivity contribution in [2.75, 3.05) is 32.8 Å². The molecule has 0 saturated carbocycles. The molecule has 2 fully saturated rings. The molecule has 3 nitrogen and oxygen atoms in total. The third-order valence-corrected chi connectivity index (χ3v) is 4.63. The Balaban J connectivity index is 1.36. The highest BCUT2D eigenvalue weighted by atomic mass is 19.1. The quantitative estimate of drug-likeness (QED) is 0.829. The Kier molecular flexibility index (Phi) is 6.20. The minimum atomic E-state index is -0.186. The number of likely N-dealkylation sites (tertiary alicyclic amines) is 1. The Hall–Kier alpha value is -1.23. The monoisotopic (exact) mass is 319 g/mol. The van der Waals surface area contributed by atoms with Crippen molar-refractivity contribution >= 4 is 6.08 Å². The summed E-state index contributed by atoms with van der Waals surface area (Å²) in [6.07, 6.45) is 9.34. The lowest BCUT2D eigenvalue weighted by atomic mass is 10.1. The molecule has 0 spiro atoms. The Morgan fingerprint density at radius 1 is 1.04 bits per heavy atom. The second-order valence-electron chi connectivity index (χ2n) is 6.40. The van der Waals surface area contributed by atoms with E-state index in [1.165, 1.54) is 12.1 Å². The molecule has 2 saturated heterocycles. The van der Waals surface area contributed by atoms with Gasteiger partial charge >= 0.3 is 0 Å². The van der Waals surface area contributed by atoms with Gasteiger partial charge in [0.1, 0.15) is 5.82 Å². The zero-order chi connectivity index (χ0) is 15.9. The van der Waals surface area contributed by atoms with Gasteiger partial charge in [0.15, 0.2) is 0 Å². The van der Waals surface area contributed by atoms with Crippen molar-refractivity contribution in [3.8, 4) is 0 Å². The van der Waals surface area contributed by atoms with Gasteiger partial charge in [-0.05, 0) is 43.4 Å². The highest BCUT2D eigenvalue weighted by Gasteiger charge is 2.23. The molecule has 0 atom stereocenters. The summed E-state index contributed by atoms with van der Waals surface area (Å²) in [6, 6.07) is 6.61. The molecule has 1 aromatic rings. The molecule has 1 aromatic carbocycles. The van der Waals surface area contributed by atoms with Crippen molar-refractivity contribution < 1.29 is 13.9 Å². The maximum atomic E-state index is 12.9. The van der Waals surface area contributed by atoms with E-state index >= 15 is 0 Å². The van der Waals surface area contributed by atoms with Crippen LogP contribution < -0.4 is 0 Å². The van der Waals surface area contributed by atoms with Crippen LogP contribution >= 0.6 is 0 Å². The van der Waals surface area contributed by atoms with Gasteiger partial charge in [0.2, 0.25) is 0 Å². The van der Waals surface area contributed by atoms with E-state index in [-0.39, 0.29) is 5.82 Å². The summed E-state index contributed by atoms with van der Waals surface area (Å²) >= 11 is 0. The van der Waals surface area contributed by atoms with E-state index in [0.717, 1.165) is 64.1 Å². The standard InChI is InChI=1S/C19H26FNO2/c20-17-5-3-16(4-6-17)2-1-11-21-12-7-18(8-13-21)23-19-9-14-22-15-10-19/h1-6,18-19H,7-15H2. The van der Waals surface area contributed by atoms with Crippen LogP contribution in [0.3, 0.4) is 0 Å². The lowest BCUT2D eigenvalue weighted by molar-refractivity contribution is -0.0839. The zero-order valence-electron chi connectivity index (χ0n) is 13.6. The van der Waals surface area contributed by atoms with Crippen LogP contribution in [0.25, 0.3) is 6.08 Å². The highest BCUT2D eigenvalue weighted by Crippen LogP contribution is 2.20. The van der Waals surface area contributed by atoms with Crippen molar-refractivity contribution in [3.63, 3.8) is 0 Å². The summed E-state index contributed by atoms with van der Waals surface area (Å²) in [5.74, 6) is -0.186. The molecule has 0 amide bonds. The summed E-state index contributed by atoms with van der Waals surface area (Å²) in [6.45, 7) is 4.81. The smallest absolute Gasteiger partial charge is 0.123 e. The molecule has 0 unspecified atom stereocenters. The number of halogens is 1. The van der Waals surface area contributed by atoms with E-state index in [1.807, 2.05) is 0 Å². The van der Waals surface area contributed by atoms with Gasteiger partial charge in [-0.3, -0.25) is 4.90 Å². The molecule has 0 radical (unpaired) electrons. The molecule has 0 aromatic heterocycles. The molecule has 0 N–H and O–H groups in total. The van der Waals surface area contributed by atoms with E-state index in [2.05, 4.69) is 17.1 Å². The average molecular weight is 319 g/mol. The summed E-state index contributed by atoms with van der Waals surface area (Å²) in [5.41, 5.74) is 1.05. The normalized spacial score (nSPS) is 22.0. The predicted molar refractivity (Wildman–Crippen MR) is 89.8 cm³/mol. The fourth-order valence-electron chi connectivity index (χ4n) is 3.22. The summed E-state index contributed by atoms with van der Waals surface area (Å²) in [4.78, 5) is 2.45. The first-order valence-electron chi connectivity index (χ1n) is 8.67. The predicted octanol–water partition coefficient (Wildman–Crippen LogP) is 3.50. The van der Waals surface area contributed by atoms with Gasteiger partial charge in [-0.1, -0.05) is 24.3 Å². The SMILES string of the molecule is Fc1ccc(C=CCN2CCC(OC3CCOCC3)CC2)cc1. The molecule has 23 heavy (non-hydrogen) atoms. The first kappa shape index (κ1) is 16.6. The Morgan fingerprint density at radius 3 is 2.39 bits per heavy atom. The van der Waals surface area contributed by atoms with Crippen LogP contribution in [0.2, 0.25) is 0 Å². The summed E-state index contributed by atoms with van der Waals surface area (Å²) < 4.78 is 24.4. The molecule has 3 rings (SSSR count). The topological polar surface area (TPSA) is 21.7 Å². The van der Waals surface area contributed by atoms with Crippen LogP contribution in [0.1, 0.15) is 31.2 Å². The average Bonchev–Trinajstić information content (AvgIpc) is 2.59. The first-order chi connectivity index (χ1) is 11.3. The van der Waals surface area contributed by atoms with Crippen molar-refractivity contribution in [3.05, 3.63) is 41.7 Å². The zero-order valence-corrected chi connectivity index (χ0v) is 13.6. The van der Waals surface area contributed by atoms with Gasteiger partial charge in [-0.2, -0.15) is 0 Å². The van der Waals surface area contributed by atoms with Crippen molar-refractivity contribution in [1.29, 1.82) is 0 Å². The number of ether oxygens (including phenoxy) is 2. The number of hydrogen-bond acceptors (Lipinski definition) is 3. The number of rotatable bonds is 5. The first-order valence-corrected chi connectivity index (χ1v) is 8.67. The third kappa shape index (κ3) is 5.41. The van der Waals surface area contributed by atoms with Gasteiger partial charge in [0.25, 0.3) is 0 Å². The Bertz CT molecular complexity index is 489. The summed E-state index contributed by atoms with van der Waals surface area (Å²) in [5, 5.41) is 0. The van der Waals surface area contributed by atoms with Gasteiger partial charge in [0, 0.05) is 32.8 Å². The molecular formula is C19H26FNO2. The van der Waals surface area contributed by atoms with E-state index in [9.17, 15) is 4.39 Å². The van der Waals surface area contributed by atoms with E-state index in [0.29, 0.717) is 12.2 Å². The molecule has 2 aliphatic rings. The fourth-order valence-corrected chi connectivity index (χ4v) is 3.22. The third-order valence-electron chi connectivity index (χ3n) is 4.63. The van der Waals surface area contributed by atoms with Crippen molar-refractivity contribution in [2.45, 2.75) is 37.9 Å². The van der Waals surface area contributed by atoms with E-state index < -0.39 is 0 Å². The van der Waals surface area contributed by atoms with Crippen LogP contribution in [-0.2, 0) is 9.47 Å². The van der Waals surface area contributed by atoms with Gasteiger partial charge in [0.05, 0.1) is 12.2 Å². The van der Waals surface area contributed by atoms with Crippen molar-refractivity contribution in [1.82, 2.24) is 4.90 Å².